The average molecular weight is 673 g/mol. The van der Waals surface area contributed by atoms with Gasteiger partial charge in [0.15, 0.2) is 16.6 Å². The molecule has 2 saturated carbocycles. The molecule has 46 heavy (non-hydrogen) atoms. The molecular formula is C40H72O4Si2. The van der Waals surface area contributed by atoms with Crippen molar-refractivity contribution < 1.29 is 18.7 Å². The molecule has 4 aliphatic carbocycles. The van der Waals surface area contributed by atoms with E-state index < -0.39 is 27.8 Å². The van der Waals surface area contributed by atoms with Gasteiger partial charge in [0.25, 0.3) is 0 Å². The van der Waals surface area contributed by atoms with Crippen LogP contribution >= 0.6 is 0 Å². The van der Waals surface area contributed by atoms with Crippen molar-refractivity contribution >= 4 is 16.6 Å². The second-order valence-corrected chi connectivity index (χ2v) is 29.1. The molecule has 6 heteroatoms. The van der Waals surface area contributed by atoms with Crippen molar-refractivity contribution in [1.82, 2.24) is 0 Å². The second kappa shape index (κ2) is 12.4. The number of aliphatic hydroxyl groups is 1. The van der Waals surface area contributed by atoms with Gasteiger partial charge < -0.3 is 18.7 Å². The molecule has 0 spiro atoms. The zero-order chi connectivity index (χ0) is 34.9. The standard InChI is InChI=1S/C40H72O4Si2/c1-17-40(41,18-2)27-42-37(9,10)33-22-21-31-30-20-19-28-25-29(43-45(13,14)35(3,4)5)26-34(44-46(15,16)36(6,7)8)39(28,12)32(30)23-24-38(31,33)11/h19-20,22,29,31-32,34,41H,17-18,21,23-27H2,1-16H3/t29-,31+,32+,34+,38+,39+/m1/s1. The quantitative estimate of drug-likeness (QED) is 0.185. The van der Waals surface area contributed by atoms with Crippen LogP contribution in [0, 0.1) is 22.7 Å². The van der Waals surface area contributed by atoms with Crippen LogP contribution in [0.2, 0.25) is 36.3 Å². The van der Waals surface area contributed by atoms with Crippen molar-refractivity contribution in [2.45, 2.75) is 188 Å². The lowest BCUT2D eigenvalue weighted by Crippen LogP contribution is -2.58. The van der Waals surface area contributed by atoms with Gasteiger partial charge in [0.1, 0.15) is 0 Å². The normalized spacial score (nSPS) is 32.7. The fourth-order valence-corrected chi connectivity index (χ4v) is 11.5. The van der Waals surface area contributed by atoms with Crippen LogP contribution in [-0.4, -0.2) is 51.8 Å². The van der Waals surface area contributed by atoms with Crippen molar-refractivity contribution in [3.05, 3.63) is 34.9 Å². The van der Waals surface area contributed by atoms with Gasteiger partial charge in [0.05, 0.1) is 30.0 Å². The van der Waals surface area contributed by atoms with E-state index in [0.717, 1.165) is 25.7 Å². The van der Waals surface area contributed by atoms with Gasteiger partial charge in [-0.05, 0) is 118 Å². The average Bonchev–Trinajstić information content (AvgIpc) is 3.29. The zero-order valence-electron chi connectivity index (χ0n) is 32.9. The molecule has 0 amide bonds. The molecule has 264 valence electrons. The number of allylic oxidation sites excluding steroid dienone is 4. The van der Waals surface area contributed by atoms with Gasteiger partial charge in [0, 0.05) is 5.41 Å². The van der Waals surface area contributed by atoms with Crippen molar-refractivity contribution in [2.24, 2.45) is 22.7 Å². The van der Waals surface area contributed by atoms with E-state index in [1.165, 1.54) is 12.0 Å². The lowest BCUT2D eigenvalue weighted by atomic mass is 9.49. The maximum Gasteiger partial charge on any atom is 0.192 e. The Morgan fingerprint density at radius 2 is 1.41 bits per heavy atom. The highest BCUT2D eigenvalue weighted by atomic mass is 28.4. The SMILES string of the molecule is CCC(O)(CC)COC(C)(C)C1=CC[C@H]2C3=CC=C4C[C@@H](O[Si](C)(C)C(C)(C)C)C[C@H](O[Si](C)(C)C(C)(C)C)[C@]4(C)[C@H]3CC[C@]12C. The number of hydrogen-bond acceptors (Lipinski definition) is 4. The summed E-state index contributed by atoms with van der Waals surface area (Å²) in [5.41, 5.74) is 3.47. The summed E-state index contributed by atoms with van der Waals surface area (Å²) >= 11 is 0. The first-order chi connectivity index (χ1) is 20.8. The Bertz CT molecular complexity index is 1220. The first kappa shape index (κ1) is 38.3. The highest BCUT2D eigenvalue weighted by Gasteiger charge is 2.60. The van der Waals surface area contributed by atoms with E-state index in [1.54, 1.807) is 11.1 Å². The summed E-state index contributed by atoms with van der Waals surface area (Å²) in [6.07, 6.45) is 14.7. The molecule has 1 N–H and O–H groups in total. The third kappa shape index (κ3) is 6.67. The number of rotatable bonds is 10. The van der Waals surface area contributed by atoms with Crippen LogP contribution < -0.4 is 0 Å². The molecule has 4 aliphatic rings. The third-order valence-corrected chi connectivity index (χ3v) is 23.4. The lowest BCUT2D eigenvalue weighted by Gasteiger charge is -2.59. The zero-order valence-corrected chi connectivity index (χ0v) is 34.9. The number of hydrogen-bond donors (Lipinski definition) is 1. The van der Waals surface area contributed by atoms with Crippen LogP contribution in [0.5, 0.6) is 0 Å². The maximum atomic E-state index is 11.0. The van der Waals surface area contributed by atoms with Crippen LogP contribution in [-0.2, 0) is 13.6 Å². The summed E-state index contributed by atoms with van der Waals surface area (Å²) in [5, 5.41) is 11.4. The van der Waals surface area contributed by atoms with Crippen LogP contribution in [0.3, 0.4) is 0 Å². The van der Waals surface area contributed by atoms with E-state index in [-0.39, 0.29) is 33.1 Å². The monoisotopic (exact) mass is 672 g/mol. The van der Waals surface area contributed by atoms with Crippen LogP contribution in [0.1, 0.15) is 128 Å². The second-order valence-electron chi connectivity index (χ2n) is 19.6. The summed E-state index contributed by atoms with van der Waals surface area (Å²) in [5.74, 6) is 0.959. The van der Waals surface area contributed by atoms with Gasteiger partial charge in [-0.25, -0.2) is 0 Å². The summed E-state index contributed by atoms with van der Waals surface area (Å²) in [4.78, 5) is 0. The molecule has 6 atom stereocenters. The van der Waals surface area contributed by atoms with Crippen molar-refractivity contribution in [3.8, 4) is 0 Å². The van der Waals surface area contributed by atoms with Crippen LogP contribution in [0.25, 0.3) is 0 Å². The summed E-state index contributed by atoms with van der Waals surface area (Å²) < 4.78 is 21.3. The molecule has 4 nitrogen and oxygen atoms in total. The predicted octanol–water partition coefficient (Wildman–Crippen LogP) is 11.1. The topological polar surface area (TPSA) is 47.9 Å². The first-order valence-electron chi connectivity index (χ1n) is 18.6. The summed E-state index contributed by atoms with van der Waals surface area (Å²) in [6, 6.07) is 0. The molecule has 0 aromatic carbocycles. The molecule has 0 unspecified atom stereocenters. The molecule has 0 saturated heterocycles. The van der Waals surface area contributed by atoms with Gasteiger partial charge in [0.2, 0.25) is 0 Å². The van der Waals surface area contributed by atoms with E-state index in [0.29, 0.717) is 31.3 Å². The van der Waals surface area contributed by atoms with E-state index in [4.69, 9.17) is 13.6 Å². The Labute approximate surface area is 286 Å². The number of ether oxygens (including phenoxy) is 1. The molecular weight excluding hydrogens is 601 g/mol. The summed E-state index contributed by atoms with van der Waals surface area (Å²) in [7, 11) is -3.97. The lowest BCUT2D eigenvalue weighted by molar-refractivity contribution is -0.103. The van der Waals surface area contributed by atoms with Gasteiger partial charge in [-0.3, -0.25) is 0 Å². The minimum atomic E-state index is -2.04. The molecule has 4 rings (SSSR count). The summed E-state index contributed by atoms with van der Waals surface area (Å²) in [6.45, 7) is 37.9. The first-order valence-corrected chi connectivity index (χ1v) is 24.4. The fraction of sp³-hybridized carbons (Fsp3) is 0.850. The Morgan fingerprint density at radius 3 is 1.96 bits per heavy atom. The molecule has 2 fully saturated rings. The van der Waals surface area contributed by atoms with Crippen LogP contribution in [0.4, 0.5) is 0 Å². The highest BCUT2D eigenvalue weighted by Crippen LogP contribution is 2.66. The van der Waals surface area contributed by atoms with Gasteiger partial charge in [-0.2, -0.15) is 0 Å². The van der Waals surface area contributed by atoms with Crippen LogP contribution in [0.15, 0.2) is 34.9 Å². The Hall–Kier alpha value is -0.506. The maximum absolute atomic E-state index is 11.0. The van der Waals surface area contributed by atoms with Crippen molar-refractivity contribution in [3.63, 3.8) is 0 Å². The highest BCUT2D eigenvalue weighted by molar-refractivity contribution is 6.74. The van der Waals surface area contributed by atoms with E-state index in [1.807, 2.05) is 0 Å². The molecule has 0 heterocycles. The minimum absolute atomic E-state index is 0.0261. The van der Waals surface area contributed by atoms with E-state index in [9.17, 15) is 5.11 Å². The largest absolute Gasteiger partial charge is 0.414 e. The Morgan fingerprint density at radius 1 is 0.848 bits per heavy atom. The van der Waals surface area contributed by atoms with E-state index in [2.05, 4.69) is 128 Å². The van der Waals surface area contributed by atoms with Crippen molar-refractivity contribution in [1.29, 1.82) is 0 Å². The van der Waals surface area contributed by atoms with Gasteiger partial charge >= 0.3 is 0 Å². The predicted molar refractivity (Wildman–Crippen MR) is 200 cm³/mol. The van der Waals surface area contributed by atoms with E-state index >= 15 is 0 Å². The molecule has 0 aliphatic heterocycles. The minimum Gasteiger partial charge on any atom is -0.414 e. The Kier molecular flexibility index (Phi) is 10.3. The van der Waals surface area contributed by atoms with Crippen molar-refractivity contribution in [2.75, 3.05) is 6.61 Å². The number of fused-ring (bicyclic) bond motifs is 5. The third-order valence-electron chi connectivity index (χ3n) is 14.4. The molecule has 0 aromatic rings. The van der Waals surface area contributed by atoms with Gasteiger partial charge in [-0.15, -0.1) is 0 Å². The smallest absolute Gasteiger partial charge is 0.192 e. The fourth-order valence-electron chi connectivity index (χ4n) is 8.76. The molecule has 0 aromatic heterocycles. The molecule has 0 bridgehead atoms. The van der Waals surface area contributed by atoms with Gasteiger partial charge in [-0.1, -0.05) is 98.6 Å². The Balaban J connectivity index is 1.69. The molecule has 0 radical (unpaired) electrons.